The van der Waals surface area contributed by atoms with Crippen molar-refractivity contribution in [3.8, 4) is 5.75 Å². The second kappa shape index (κ2) is 6.71. The van der Waals surface area contributed by atoms with E-state index in [0.29, 0.717) is 38.5 Å². The first-order valence-corrected chi connectivity index (χ1v) is 7.98. The third-order valence-electron chi connectivity index (χ3n) is 3.33. The Labute approximate surface area is 148 Å². The van der Waals surface area contributed by atoms with E-state index in [9.17, 15) is 4.79 Å². The minimum absolute atomic E-state index is 0.305. The van der Waals surface area contributed by atoms with Crippen LogP contribution in [0.2, 0.25) is 10.0 Å². The Hall–Kier alpha value is -2.24. The number of aromatic nitrogens is 1. The summed E-state index contributed by atoms with van der Waals surface area (Å²) in [6.45, 7) is 3.41. The van der Waals surface area contributed by atoms with Gasteiger partial charge in [0.1, 0.15) is 11.3 Å². The molecule has 0 aliphatic carbocycles. The molecule has 1 amide bonds. The molecule has 0 bridgehead atoms. The molecule has 0 unspecified atom stereocenters. The highest BCUT2D eigenvalue weighted by atomic mass is 35.5. The molecule has 1 atom stereocenters. The number of aryl methyl sites for hydroxylation is 1. The zero-order valence-corrected chi connectivity index (χ0v) is 14.5. The van der Waals surface area contributed by atoms with Crippen molar-refractivity contribution in [3.05, 3.63) is 52.3 Å². The van der Waals surface area contributed by atoms with E-state index in [0.717, 1.165) is 0 Å². The molecule has 0 aliphatic rings. The minimum atomic E-state index is -0.738. The fraction of sp³-hybridized carbons (Fsp3) is 0.176. The third kappa shape index (κ3) is 3.63. The normalized spacial score (nSPS) is 12.2. The summed E-state index contributed by atoms with van der Waals surface area (Å²) < 4.78 is 11.0. The monoisotopic (exact) mass is 364 g/mol. The summed E-state index contributed by atoms with van der Waals surface area (Å²) in [5, 5.41) is 3.63. The van der Waals surface area contributed by atoms with Gasteiger partial charge in [0.25, 0.3) is 5.91 Å². The van der Waals surface area contributed by atoms with E-state index < -0.39 is 6.10 Å². The van der Waals surface area contributed by atoms with Crippen LogP contribution in [0.3, 0.4) is 0 Å². The molecule has 0 spiro atoms. The van der Waals surface area contributed by atoms with Crippen molar-refractivity contribution in [3.63, 3.8) is 0 Å². The molecular weight excluding hydrogens is 351 g/mol. The Balaban J connectivity index is 1.70. The number of hydrogen-bond acceptors (Lipinski definition) is 4. The molecule has 3 rings (SSSR count). The topological polar surface area (TPSA) is 64.4 Å². The number of hydrogen-bond donors (Lipinski definition) is 1. The SMILES string of the molecule is Cc1nc2cc(NC(=O)[C@H](C)Oc3ccc(Cl)cc3Cl)ccc2o1. The lowest BCUT2D eigenvalue weighted by Crippen LogP contribution is -2.30. The van der Waals surface area contributed by atoms with Gasteiger partial charge in [0.15, 0.2) is 17.6 Å². The van der Waals surface area contributed by atoms with Crippen molar-refractivity contribution < 1.29 is 13.9 Å². The van der Waals surface area contributed by atoms with Crippen LogP contribution in [0.5, 0.6) is 5.75 Å². The molecule has 1 aromatic heterocycles. The molecule has 0 saturated heterocycles. The Bertz CT molecular complexity index is 908. The number of carbonyl (C=O) groups is 1. The molecular formula is C17H14Cl2N2O3. The number of ether oxygens (including phenoxy) is 1. The molecule has 0 radical (unpaired) electrons. The molecule has 0 aliphatic heterocycles. The molecule has 1 N–H and O–H groups in total. The number of oxazole rings is 1. The Kier molecular flexibility index (Phi) is 4.64. The van der Waals surface area contributed by atoms with Crippen LogP contribution in [0, 0.1) is 6.92 Å². The maximum absolute atomic E-state index is 12.3. The maximum atomic E-state index is 12.3. The van der Waals surface area contributed by atoms with Crippen LogP contribution in [0.4, 0.5) is 5.69 Å². The molecule has 3 aromatic rings. The van der Waals surface area contributed by atoms with E-state index in [1.807, 2.05) is 0 Å². The van der Waals surface area contributed by atoms with Crippen molar-refractivity contribution in [2.24, 2.45) is 0 Å². The lowest BCUT2D eigenvalue weighted by atomic mass is 10.2. The Morgan fingerprint density at radius 2 is 2.04 bits per heavy atom. The van der Waals surface area contributed by atoms with Gasteiger partial charge in [0.05, 0.1) is 5.02 Å². The fourth-order valence-corrected chi connectivity index (χ4v) is 2.63. The first-order valence-electron chi connectivity index (χ1n) is 7.22. The highest BCUT2D eigenvalue weighted by molar-refractivity contribution is 6.35. The smallest absolute Gasteiger partial charge is 0.265 e. The van der Waals surface area contributed by atoms with E-state index in [4.69, 9.17) is 32.4 Å². The van der Waals surface area contributed by atoms with Crippen LogP contribution in [0.25, 0.3) is 11.1 Å². The number of carbonyl (C=O) groups excluding carboxylic acids is 1. The van der Waals surface area contributed by atoms with E-state index in [1.54, 1.807) is 50.2 Å². The summed E-state index contributed by atoms with van der Waals surface area (Å²) in [7, 11) is 0. The van der Waals surface area contributed by atoms with E-state index in [-0.39, 0.29) is 5.91 Å². The van der Waals surface area contributed by atoms with Crippen LogP contribution < -0.4 is 10.1 Å². The summed E-state index contributed by atoms with van der Waals surface area (Å²) in [6, 6.07) is 10.1. The second-order valence-corrected chi connectivity index (χ2v) is 6.08. The predicted molar refractivity (Wildman–Crippen MR) is 93.9 cm³/mol. The van der Waals surface area contributed by atoms with E-state index in [1.165, 1.54) is 0 Å². The van der Waals surface area contributed by atoms with Crippen molar-refractivity contribution in [2.45, 2.75) is 20.0 Å². The molecule has 0 saturated carbocycles. The third-order valence-corrected chi connectivity index (χ3v) is 3.86. The standard InChI is InChI=1S/C17H14Cl2N2O3/c1-9(23-15-5-3-11(18)7-13(15)19)17(22)21-12-4-6-16-14(8-12)20-10(2)24-16/h3-9H,1-2H3,(H,21,22)/t9-/m0/s1. The molecule has 7 heteroatoms. The van der Waals surface area contributed by atoms with Gasteiger partial charge in [0.2, 0.25) is 0 Å². The van der Waals surface area contributed by atoms with Crippen molar-refractivity contribution >= 4 is 45.9 Å². The van der Waals surface area contributed by atoms with Gasteiger partial charge in [-0.1, -0.05) is 23.2 Å². The van der Waals surface area contributed by atoms with Crippen LogP contribution in [0.1, 0.15) is 12.8 Å². The molecule has 1 heterocycles. The van der Waals surface area contributed by atoms with Crippen LogP contribution in [-0.4, -0.2) is 17.0 Å². The highest BCUT2D eigenvalue weighted by Gasteiger charge is 2.17. The summed E-state index contributed by atoms with van der Waals surface area (Å²) >= 11 is 11.9. The van der Waals surface area contributed by atoms with E-state index in [2.05, 4.69) is 10.3 Å². The number of halogens is 2. The number of nitrogens with one attached hydrogen (secondary N) is 1. The van der Waals surface area contributed by atoms with Crippen molar-refractivity contribution in [1.82, 2.24) is 4.98 Å². The first kappa shape index (κ1) is 16.6. The number of nitrogens with zero attached hydrogens (tertiary/aromatic N) is 1. The van der Waals surface area contributed by atoms with E-state index >= 15 is 0 Å². The van der Waals surface area contributed by atoms with Crippen molar-refractivity contribution in [1.29, 1.82) is 0 Å². The van der Waals surface area contributed by atoms with Gasteiger partial charge < -0.3 is 14.5 Å². The summed E-state index contributed by atoms with van der Waals surface area (Å²) in [5.41, 5.74) is 1.96. The quantitative estimate of drug-likeness (QED) is 0.718. The van der Waals surface area contributed by atoms with Gasteiger partial charge in [-0.3, -0.25) is 4.79 Å². The number of rotatable bonds is 4. The van der Waals surface area contributed by atoms with Crippen LogP contribution in [-0.2, 0) is 4.79 Å². The zero-order chi connectivity index (χ0) is 17.3. The molecule has 2 aromatic carbocycles. The van der Waals surface area contributed by atoms with Crippen molar-refractivity contribution in [2.75, 3.05) is 5.32 Å². The van der Waals surface area contributed by atoms with Crippen LogP contribution in [0.15, 0.2) is 40.8 Å². The molecule has 24 heavy (non-hydrogen) atoms. The number of fused-ring (bicyclic) bond motifs is 1. The maximum Gasteiger partial charge on any atom is 0.265 e. The molecule has 0 fully saturated rings. The minimum Gasteiger partial charge on any atom is -0.479 e. The fourth-order valence-electron chi connectivity index (χ4n) is 2.18. The first-order chi connectivity index (χ1) is 11.4. The van der Waals surface area contributed by atoms with Gasteiger partial charge in [-0.15, -0.1) is 0 Å². The summed E-state index contributed by atoms with van der Waals surface area (Å²) in [6.07, 6.45) is -0.738. The lowest BCUT2D eigenvalue weighted by molar-refractivity contribution is -0.122. The van der Waals surface area contributed by atoms with Gasteiger partial charge in [-0.05, 0) is 43.3 Å². The average molecular weight is 365 g/mol. The predicted octanol–water partition coefficient (Wildman–Crippen LogP) is 4.85. The highest BCUT2D eigenvalue weighted by Crippen LogP contribution is 2.28. The van der Waals surface area contributed by atoms with Crippen LogP contribution >= 0.6 is 23.2 Å². The second-order valence-electron chi connectivity index (χ2n) is 5.24. The summed E-state index contributed by atoms with van der Waals surface area (Å²) in [5.74, 6) is 0.662. The molecule has 5 nitrogen and oxygen atoms in total. The lowest BCUT2D eigenvalue weighted by Gasteiger charge is -2.15. The van der Waals surface area contributed by atoms with Gasteiger partial charge in [0, 0.05) is 17.6 Å². The Morgan fingerprint density at radius 3 is 2.79 bits per heavy atom. The van der Waals surface area contributed by atoms with Gasteiger partial charge in [-0.2, -0.15) is 0 Å². The zero-order valence-electron chi connectivity index (χ0n) is 13.0. The van der Waals surface area contributed by atoms with Gasteiger partial charge >= 0.3 is 0 Å². The largest absolute Gasteiger partial charge is 0.479 e. The number of amides is 1. The Morgan fingerprint density at radius 1 is 1.25 bits per heavy atom. The number of anilines is 1. The average Bonchev–Trinajstić information content (AvgIpc) is 2.89. The summed E-state index contributed by atoms with van der Waals surface area (Å²) in [4.78, 5) is 16.5. The number of benzene rings is 2. The molecule has 124 valence electrons. The van der Waals surface area contributed by atoms with Gasteiger partial charge in [-0.25, -0.2) is 4.98 Å².